The Kier molecular flexibility index (Phi) is 5.60. The van der Waals surface area contributed by atoms with Gasteiger partial charge in [-0.2, -0.15) is 19.6 Å². The molecule has 0 aliphatic carbocycles. The van der Waals surface area contributed by atoms with E-state index in [0.717, 1.165) is 6.08 Å². The second-order valence-corrected chi connectivity index (χ2v) is 10.1. The number of nitrogens with zero attached hydrogens (tertiary/aromatic N) is 4. The number of carbonyl (C=O) groups excluding carboxylic acids is 4. The molecule has 3 aromatic carbocycles. The summed E-state index contributed by atoms with van der Waals surface area (Å²) < 4.78 is 14.7. The van der Waals surface area contributed by atoms with E-state index in [1.807, 2.05) is 10.6 Å². The van der Waals surface area contributed by atoms with Crippen LogP contribution in [-0.2, 0) is 9.59 Å². The molecule has 0 saturated carbocycles. The molecule has 4 N–H and O–H groups in total. The Hall–Kier alpha value is -7.10. The van der Waals surface area contributed by atoms with Crippen molar-refractivity contribution in [3.8, 4) is 11.4 Å². The normalized spacial score (nSPS) is 13.5. The minimum atomic E-state index is -0.978. The van der Waals surface area contributed by atoms with Gasteiger partial charge in [0.1, 0.15) is 33.3 Å². The van der Waals surface area contributed by atoms with E-state index in [1.54, 1.807) is 60.7 Å². The van der Waals surface area contributed by atoms with Gasteiger partial charge in [0.05, 0.1) is 11.4 Å². The van der Waals surface area contributed by atoms with E-state index in [9.17, 15) is 28.8 Å². The molecule has 8 rings (SSSR count). The minimum absolute atomic E-state index is 0.000793. The Morgan fingerprint density at radius 3 is 1.54 bits per heavy atom. The number of hydrogen-bond donors (Lipinski definition) is 4. The predicted octanol–water partition coefficient (Wildman–Crippen LogP) is 2.36. The van der Waals surface area contributed by atoms with Crippen LogP contribution in [0.15, 0.2) is 84.7 Å². The lowest BCUT2D eigenvalue weighted by Gasteiger charge is -2.13. The highest BCUT2D eigenvalue weighted by Crippen LogP contribution is 2.27. The highest BCUT2D eigenvalue weighted by molar-refractivity contribution is 6.31. The van der Waals surface area contributed by atoms with E-state index < -0.39 is 39.9 Å². The second-order valence-electron chi connectivity index (χ2n) is 10.1. The van der Waals surface area contributed by atoms with Crippen molar-refractivity contribution in [2.24, 2.45) is 0 Å². The lowest BCUT2D eigenvalue weighted by Crippen LogP contribution is -2.51. The number of imide groups is 2. The van der Waals surface area contributed by atoms with Gasteiger partial charge in [-0.05, 0) is 30.3 Å². The summed E-state index contributed by atoms with van der Waals surface area (Å²) in [6.07, 6.45) is 1.60. The number of nitrogens with one attached hydrogen (secondary N) is 4. The lowest BCUT2D eigenvalue weighted by molar-refractivity contribution is -0.123. The van der Waals surface area contributed by atoms with Gasteiger partial charge in [-0.3, -0.25) is 34.6 Å². The molecule has 5 heterocycles. The van der Waals surface area contributed by atoms with Crippen LogP contribution in [0.25, 0.3) is 62.1 Å². The summed E-state index contributed by atoms with van der Waals surface area (Å²) in [5, 5.41) is 12.7. The summed E-state index contributed by atoms with van der Waals surface area (Å²) in [6.45, 7) is 0. The van der Waals surface area contributed by atoms with Crippen molar-refractivity contribution in [1.29, 1.82) is 0 Å². The average Bonchev–Trinajstić information content (AvgIpc) is 3.62. The monoisotopic (exact) mass is 616 g/mol. The first-order chi connectivity index (χ1) is 22.3. The first-order valence-electron chi connectivity index (χ1n) is 13.5. The largest absolute Gasteiger partial charge is 0.430 e. The van der Waals surface area contributed by atoms with Gasteiger partial charge >= 0.3 is 6.03 Å². The van der Waals surface area contributed by atoms with Gasteiger partial charge in [0, 0.05) is 0 Å². The Morgan fingerprint density at radius 1 is 0.609 bits per heavy atom. The van der Waals surface area contributed by atoms with Crippen LogP contribution < -0.4 is 21.5 Å². The van der Waals surface area contributed by atoms with Gasteiger partial charge in [0.2, 0.25) is 22.6 Å². The number of urea groups is 1. The summed E-state index contributed by atoms with van der Waals surface area (Å²) >= 11 is 0. The number of fused-ring (bicyclic) bond motifs is 4. The molecule has 1 aliphatic heterocycles. The zero-order chi connectivity index (χ0) is 31.7. The molecule has 4 aromatic heterocycles. The van der Waals surface area contributed by atoms with Crippen molar-refractivity contribution in [2.45, 2.75) is 0 Å². The maximum absolute atomic E-state index is 13.9. The first-order valence-corrected chi connectivity index (χ1v) is 13.5. The number of rotatable bonds is 4. The van der Waals surface area contributed by atoms with E-state index in [2.05, 4.69) is 20.2 Å². The predicted molar refractivity (Wildman–Crippen MR) is 160 cm³/mol. The average molecular weight is 617 g/mol. The molecule has 0 bridgehead atoms. The molecule has 1 saturated heterocycles. The van der Waals surface area contributed by atoms with Crippen LogP contribution in [-0.4, -0.2) is 53.7 Å². The Bertz CT molecular complexity index is 2630. The van der Waals surface area contributed by atoms with E-state index in [1.165, 1.54) is 9.36 Å². The van der Waals surface area contributed by atoms with Crippen LogP contribution in [0.4, 0.5) is 4.79 Å². The SMILES string of the molecule is O=Cc1nn(-c2ccccc2)c2oc3c(=O)c4[nH]c5c(C=C6C(=O)NC(=O)NC6=O)nn(-c6ccccc6)c5oc4c(=O)c3[nH]c12. The Labute approximate surface area is 252 Å². The lowest BCUT2D eigenvalue weighted by atomic mass is 10.1. The Morgan fingerprint density at radius 2 is 1.07 bits per heavy atom. The molecule has 1 aliphatic rings. The molecule has 46 heavy (non-hydrogen) atoms. The van der Waals surface area contributed by atoms with Gasteiger partial charge in [-0.15, -0.1) is 0 Å². The number of para-hydroxylation sites is 2. The molecule has 224 valence electrons. The topological polar surface area (TPSA) is 220 Å². The fourth-order valence-corrected chi connectivity index (χ4v) is 5.20. The van der Waals surface area contributed by atoms with Crippen molar-refractivity contribution in [3.05, 3.63) is 98.1 Å². The molecule has 0 radical (unpaired) electrons. The van der Waals surface area contributed by atoms with Crippen molar-refractivity contribution >= 4 is 74.9 Å². The number of H-pyrrole nitrogens is 2. The molecular formula is C30H16N8O8. The standard InChI is InChI=1S/C30H16N8O8/c39-12-17-19-29(38(36-17)14-9-5-2-6-10-14)46-25-21(32-19)23(41)24-20(22(25)40)31-18-16(11-15-26(42)33-30(44)34-27(15)43)35-37(28(18)45-24)13-7-3-1-4-8-13/h1-12,31-32H,(H2,33,34,42,43,44). The molecule has 1 fully saturated rings. The van der Waals surface area contributed by atoms with Gasteiger partial charge in [0.15, 0.2) is 12.0 Å². The number of hydrogen-bond acceptors (Lipinski definition) is 10. The molecule has 4 amide bonds. The fraction of sp³-hybridized carbons (Fsp3) is 0. The smallest absolute Gasteiger partial charge is 0.328 e. The molecular weight excluding hydrogens is 600 g/mol. The van der Waals surface area contributed by atoms with E-state index in [4.69, 9.17) is 8.83 Å². The highest BCUT2D eigenvalue weighted by Gasteiger charge is 2.30. The third-order valence-corrected chi connectivity index (χ3v) is 7.30. The molecule has 16 heteroatoms. The molecule has 7 aromatic rings. The third kappa shape index (κ3) is 3.87. The van der Waals surface area contributed by atoms with Gasteiger partial charge in [-0.25, -0.2) is 4.79 Å². The van der Waals surface area contributed by atoms with Crippen molar-refractivity contribution in [3.63, 3.8) is 0 Å². The van der Waals surface area contributed by atoms with Gasteiger partial charge in [0.25, 0.3) is 22.7 Å². The third-order valence-electron chi connectivity index (χ3n) is 7.30. The number of aromatic nitrogens is 6. The quantitative estimate of drug-likeness (QED) is 0.0978. The number of carbonyl (C=O) groups is 4. The molecule has 0 unspecified atom stereocenters. The van der Waals surface area contributed by atoms with Crippen molar-refractivity contribution in [2.75, 3.05) is 0 Å². The molecule has 0 spiro atoms. The van der Waals surface area contributed by atoms with E-state index >= 15 is 0 Å². The maximum atomic E-state index is 13.9. The van der Waals surface area contributed by atoms with E-state index in [-0.39, 0.29) is 50.5 Å². The zero-order valence-corrected chi connectivity index (χ0v) is 23.0. The van der Waals surface area contributed by atoms with Crippen LogP contribution >= 0.6 is 0 Å². The number of aldehydes is 1. The van der Waals surface area contributed by atoms with Crippen LogP contribution in [0.5, 0.6) is 0 Å². The van der Waals surface area contributed by atoms with Crippen molar-refractivity contribution in [1.82, 2.24) is 40.2 Å². The second kappa shape index (κ2) is 9.71. The first kappa shape index (κ1) is 26.5. The van der Waals surface area contributed by atoms with E-state index in [0.29, 0.717) is 17.7 Å². The fourth-order valence-electron chi connectivity index (χ4n) is 5.20. The summed E-state index contributed by atoms with van der Waals surface area (Å²) in [5.41, 5.74) is -2.36. The summed E-state index contributed by atoms with van der Waals surface area (Å²) in [5.74, 6) is -1.93. The van der Waals surface area contributed by atoms with Crippen LogP contribution in [0.2, 0.25) is 0 Å². The zero-order valence-electron chi connectivity index (χ0n) is 23.0. The Balaban J connectivity index is 1.45. The number of aromatic amines is 2. The maximum Gasteiger partial charge on any atom is 0.328 e. The molecule has 16 nitrogen and oxygen atoms in total. The van der Waals surface area contributed by atoms with Gasteiger partial charge in [-0.1, -0.05) is 36.4 Å². The van der Waals surface area contributed by atoms with Crippen LogP contribution in [0.3, 0.4) is 0 Å². The number of amides is 4. The number of barbiturate groups is 1. The summed E-state index contributed by atoms with van der Waals surface area (Å²) in [4.78, 5) is 82.0. The summed E-state index contributed by atoms with van der Waals surface area (Å²) in [7, 11) is 0. The number of benzene rings is 3. The van der Waals surface area contributed by atoms with Gasteiger partial charge < -0.3 is 18.8 Å². The minimum Gasteiger partial charge on any atom is -0.430 e. The highest BCUT2D eigenvalue weighted by atomic mass is 16.4. The van der Waals surface area contributed by atoms with Crippen LogP contribution in [0.1, 0.15) is 16.2 Å². The van der Waals surface area contributed by atoms with Crippen molar-refractivity contribution < 1.29 is 28.0 Å². The molecule has 0 atom stereocenters. The van der Waals surface area contributed by atoms with Crippen LogP contribution in [0, 0.1) is 0 Å². The summed E-state index contributed by atoms with van der Waals surface area (Å²) in [6, 6.07) is 16.3.